The van der Waals surface area contributed by atoms with Crippen molar-refractivity contribution in [2.45, 2.75) is 0 Å². The molecule has 0 bridgehead atoms. The Morgan fingerprint density at radius 2 is 1.95 bits per heavy atom. The van der Waals surface area contributed by atoms with Gasteiger partial charge in [-0.25, -0.2) is 4.39 Å². The summed E-state index contributed by atoms with van der Waals surface area (Å²) >= 11 is 3.29. The van der Waals surface area contributed by atoms with Gasteiger partial charge in [0.1, 0.15) is 11.4 Å². The number of ketones is 1. The van der Waals surface area contributed by atoms with Gasteiger partial charge in [0.25, 0.3) is 0 Å². The van der Waals surface area contributed by atoms with E-state index in [9.17, 15) is 9.18 Å². The molecule has 3 rings (SSSR count). The Labute approximate surface area is 122 Å². The molecule has 20 heavy (non-hydrogen) atoms. The number of benzene rings is 2. The number of furan rings is 1. The highest BCUT2D eigenvalue weighted by Gasteiger charge is 2.15. The SMILES string of the molecule is Nc1cc(Br)cc(C(=O)c2cc3cc(F)ccc3o2)c1. The average Bonchev–Trinajstić information content (AvgIpc) is 2.79. The summed E-state index contributed by atoms with van der Waals surface area (Å²) in [5.41, 5.74) is 7.07. The maximum atomic E-state index is 13.1. The smallest absolute Gasteiger partial charge is 0.228 e. The number of rotatable bonds is 2. The largest absolute Gasteiger partial charge is 0.453 e. The van der Waals surface area contributed by atoms with E-state index in [0.717, 1.165) is 0 Å². The van der Waals surface area contributed by atoms with Crippen LogP contribution in [-0.4, -0.2) is 5.78 Å². The van der Waals surface area contributed by atoms with Crippen LogP contribution in [0.15, 0.2) is 51.4 Å². The van der Waals surface area contributed by atoms with E-state index in [0.29, 0.717) is 26.7 Å². The van der Waals surface area contributed by atoms with Crippen LogP contribution in [0.4, 0.5) is 10.1 Å². The lowest BCUT2D eigenvalue weighted by atomic mass is 10.1. The third kappa shape index (κ3) is 2.32. The predicted molar refractivity (Wildman–Crippen MR) is 78.2 cm³/mol. The number of fused-ring (bicyclic) bond motifs is 1. The van der Waals surface area contributed by atoms with E-state index < -0.39 is 0 Å². The summed E-state index contributed by atoms with van der Waals surface area (Å²) in [6.07, 6.45) is 0. The van der Waals surface area contributed by atoms with Gasteiger partial charge in [-0.3, -0.25) is 4.79 Å². The van der Waals surface area contributed by atoms with Crippen LogP contribution >= 0.6 is 15.9 Å². The van der Waals surface area contributed by atoms with Gasteiger partial charge in [-0.15, -0.1) is 0 Å². The Kier molecular flexibility index (Phi) is 3.06. The first-order valence-corrected chi connectivity index (χ1v) is 6.62. The van der Waals surface area contributed by atoms with Gasteiger partial charge in [0.2, 0.25) is 5.78 Å². The zero-order chi connectivity index (χ0) is 14.3. The molecule has 0 saturated heterocycles. The minimum atomic E-state index is -0.371. The molecule has 0 atom stereocenters. The van der Waals surface area contributed by atoms with E-state index in [1.807, 2.05) is 0 Å². The summed E-state index contributed by atoms with van der Waals surface area (Å²) in [6.45, 7) is 0. The molecule has 3 nitrogen and oxygen atoms in total. The normalized spacial score (nSPS) is 10.9. The summed E-state index contributed by atoms with van der Waals surface area (Å²) in [7, 11) is 0. The zero-order valence-electron chi connectivity index (χ0n) is 10.2. The lowest BCUT2D eigenvalue weighted by molar-refractivity contribution is 0.101. The number of carbonyl (C=O) groups excluding carboxylic acids is 1. The Morgan fingerprint density at radius 3 is 2.70 bits per heavy atom. The molecule has 2 aromatic carbocycles. The van der Waals surface area contributed by atoms with Gasteiger partial charge in [0.15, 0.2) is 5.76 Å². The Balaban J connectivity index is 2.07. The maximum Gasteiger partial charge on any atom is 0.228 e. The van der Waals surface area contributed by atoms with Crippen LogP contribution in [0.3, 0.4) is 0 Å². The lowest BCUT2D eigenvalue weighted by Crippen LogP contribution is -2.00. The highest BCUT2D eigenvalue weighted by molar-refractivity contribution is 9.10. The molecule has 100 valence electrons. The van der Waals surface area contributed by atoms with Crippen LogP contribution in [0, 0.1) is 5.82 Å². The van der Waals surface area contributed by atoms with E-state index in [4.69, 9.17) is 10.2 Å². The fourth-order valence-electron chi connectivity index (χ4n) is 2.01. The number of carbonyl (C=O) groups is 1. The number of halogens is 2. The maximum absolute atomic E-state index is 13.1. The molecule has 0 unspecified atom stereocenters. The first-order valence-electron chi connectivity index (χ1n) is 5.83. The van der Waals surface area contributed by atoms with E-state index in [-0.39, 0.29) is 17.4 Å². The van der Waals surface area contributed by atoms with Crippen LogP contribution in [0.1, 0.15) is 16.1 Å². The zero-order valence-corrected chi connectivity index (χ0v) is 11.8. The summed E-state index contributed by atoms with van der Waals surface area (Å²) in [6, 6.07) is 10.6. The molecule has 1 heterocycles. The highest BCUT2D eigenvalue weighted by atomic mass is 79.9. The van der Waals surface area contributed by atoms with Crippen molar-refractivity contribution in [2.75, 3.05) is 5.73 Å². The van der Waals surface area contributed by atoms with Crippen LogP contribution in [-0.2, 0) is 0 Å². The van der Waals surface area contributed by atoms with E-state index in [2.05, 4.69) is 15.9 Å². The molecule has 2 N–H and O–H groups in total. The minimum Gasteiger partial charge on any atom is -0.453 e. The Hall–Kier alpha value is -2.14. The Bertz CT molecular complexity index is 806. The summed E-state index contributed by atoms with van der Waals surface area (Å²) in [4.78, 5) is 12.3. The molecular weight excluding hydrogens is 325 g/mol. The van der Waals surface area contributed by atoms with Crippen molar-refractivity contribution in [3.05, 3.63) is 64.1 Å². The molecule has 0 aliphatic carbocycles. The summed E-state index contributed by atoms with van der Waals surface area (Å²) in [5, 5.41) is 0.552. The predicted octanol–water partition coefficient (Wildman–Crippen LogP) is 4.15. The molecular formula is C15H9BrFNO2. The fourth-order valence-corrected chi connectivity index (χ4v) is 2.52. The fraction of sp³-hybridized carbons (Fsp3) is 0. The molecule has 0 saturated carbocycles. The molecule has 1 aromatic heterocycles. The molecule has 0 spiro atoms. The van der Waals surface area contributed by atoms with Crippen LogP contribution in [0.2, 0.25) is 0 Å². The second kappa shape index (κ2) is 4.76. The van der Waals surface area contributed by atoms with Gasteiger partial charge < -0.3 is 10.2 Å². The third-order valence-electron chi connectivity index (χ3n) is 2.88. The number of hydrogen-bond acceptors (Lipinski definition) is 3. The highest BCUT2D eigenvalue weighted by Crippen LogP contribution is 2.24. The van der Waals surface area contributed by atoms with Crippen molar-refractivity contribution in [1.29, 1.82) is 0 Å². The topological polar surface area (TPSA) is 56.2 Å². The van der Waals surface area contributed by atoms with Crippen molar-refractivity contribution in [3.63, 3.8) is 0 Å². The standard InChI is InChI=1S/C15H9BrFNO2/c16-10-3-9(5-12(18)7-10)15(19)14-6-8-4-11(17)1-2-13(8)20-14/h1-7H,18H2. The molecule has 5 heteroatoms. The quantitative estimate of drug-likeness (QED) is 0.566. The van der Waals surface area contributed by atoms with Crippen LogP contribution < -0.4 is 5.73 Å². The van der Waals surface area contributed by atoms with Gasteiger partial charge in [-0.2, -0.15) is 0 Å². The summed E-state index contributed by atoms with van der Waals surface area (Å²) < 4.78 is 19.3. The molecule has 0 amide bonds. The second-order valence-electron chi connectivity index (χ2n) is 4.40. The first-order chi connectivity index (χ1) is 9.52. The number of nitrogens with two attached hydrogens (primary N) is 1. The third-order valence-corrected chi connectivity index (χ3v) is 3.34. The van der Waals surface area contributed by atoms with E-state index in [1.165, 1.54) is 24.3 Å². The molecule has 0 aliphatic heterocycles. The number of anilines is 1. The van der Waals surface area contributed by atoms with Gasteiger partial charge in [-0.1, -0.05) is 15.9 Å². The summed E-state index contributed by atoms with van der Waals surface area (Å²) in [5.74, 6) is -0.512. The minimum absolute atomic E-state index is 0.156. The van der Waals surface area contributed by atoms with E-state index in [1.54, 1.807) is 18.2 Å². The van der Waals surface area contributed by atoms with Gasteiger partial charge in [0, 0.05) is 21.1 Å². The van der Waals surface area contributed by atoms with Gasteiger partial charge >= 0.3 is 0 Å². The molecule has 0 radical (unpaired) electrons. The monoisotopic (exact) mass is 333 g/mol. The van der Waals surface area contributed by atoms with Gasteiger partial charge in [-0.05, 0) is 42.5 Å². The second-order valence-corrected chi connectivity index (χ2v) is 5.31. The molecule has 0 aliphatic rings. The lowest BCUT2D eigenvalue weighted by Gasteiger charge is -2.01. The van der Waals surface area contributed by atoms with Gasteiger partial charge in [0.05, 0.1) is 0 Å². The molecule has 0 fully saturated rings. The van der Waals surface area contributed by atoms with Crippen molar-refractivity contribution in [1.82, 2.24) is 0 Å². The van der Waals surface area contributed by atoms with Crippen LogP contribution in [0.5, 0.6) is 0 Å². The number of nitrogen functional groups attached to an aromatic ring is 1. The van der Waals surface area contributed by atoms with Crippen molar-refractivity contribution in [2.24, 2.45) is 0 Å². The molecule has 3 aromatic rings. The Morgan fingerprint density at radius 1 is 1.15 bits per heavy atom. The van der Waals surface area contributed by atoms with Crippen LogP contribution in [0.25, 0.3) is 11.0 Å². The van der Waals surface area contributed by atoms with Crippen molar-refractivity contribution in [3.8, 4) is 0 Å². The van der Waals surface area contributed by atoms with Crippen molar-refractivity contribution >= 4 is 38.4 Å². The van der Waals surface area contributed by atoms with E-state index >= 15 is 0 Å². The van der Waals surface area contributed by atoms with Crippen molar-refractivity contribution < 1.29 is 13.6 Å². The number of hydrogen-bond donors (Lipinski definition) is 1. The average molecular weight is 334 g/mol. The first kappa shape index (κ1) is 12.9.